The predicted molar refractivity (Wildman–Crippen MR) is 64.8 cm³/mol. The van der Waals surface area contributed by atoms with E-state index in [9.17, 15) is 0 Å². The molecule has 0 aliphatic rings. The molecule has 0 aliphatic carbocycles. The third-order valence-electron chi connectivity index (χ3n) is 1.89. The summed E-state index contributed by atoms with van der Waals surface area (Å²) in [7, 11) is 1.86. The number of hydrogen-bond donors (Lipinski definition) is 2. The molecule has 2 nitrogen and oxygen atoms in total. The van der Waals surface area contributed by atoms with Crippen molar-refractivity contribution >= 4 is 27.7 Å². The molecule has 1 rings (SSSR count). The van der Waals surface area contributed by atoms with Crippen LogP contribution in [0.2, 0.25) is 0 Å². The molecule has 0 fully saturated rings. The van der Waals surface area contributed by atoms with Gasteiger partial charge in [0.15, 0.2) is 0 Å². The Morgan fingerprint density at radius 3 is 2.57 bits per heavy atom. The minimum Gasteiger partial charge on any atom is -0.395 e. The normalized spacial score (nSPS) is 12.8. The van der Waals surface area contributed by atoms with E-state index < -0.39 is 0 Å². The Bertz CT molecular complexity index is 261. The van der Waals surface area contributed by atoms with E-state index in [0.29, 0.717) is 0 Å². The number of thioether (sulfide) groups is 1. The Morgan fingerprint density at radius 2 is 2.07 bits per heavy atom. The molecule has 1 aromatic rings. The Balaban J connectivity index is 2.41. The lowest BCUT2D eigenvalue weighted by atomic mass is 10.4. The average Bonchev–Trinajstić information content (AvgIpc) is 2.22. The van der Waals surface area contributed by atoms with Crippen molar-refractivity contribution in [3.8, 4) is 0 Å². The Hall–Kier alpha value is -0.0300. The van der Waals surface area contributed by atoms with Crippen LogP contribution >= 0.6 is 27.7 Å². The van der Waals surface area contributed by atoms with E-state index in [0.717, 1.165) is 10.2 Å². The molecule has 78 valence electrons. The summed E-state index contributed by atoms with van der Waals surface area (Å²) in [5, 5.41) is 12.0. The van der Waals surface area contributed by atoms with E-state index in [4.69, 9.17) is 5.11 Å². The maximum absolute atomic E-state index is 8.96. The largest absolute Gasteiger partial charge is 0.395 e. The first-order valence-corrected chi connectivity index (χ1v) is 6.20. The van der Waals surface area contributed by atoms with Gasteiger partial charge in [0.1, 0.15) is 0 Å². The second kappa shape index (κ2) is 6.45. The first-order valence-electron chi connectivity index (χ1n) is 4.42. The molecule has 0 aromatic heterocycles. The van der Waals surface area contributed by atoms with Gasteiger partial charge in [-0.2, -0.15) is 0 Å². The van der Waals surface area contributed by atoms with Crippen molar-refractivity contribution in [2.75, 3.05) is 19.4 Å². The van der Waals surface area contributed by atoms with E-state index in [1.807, 2.05) is 19.2 Å². The summed E-state index contributed by atoms with van der Waals surface area (Å²) in [6.45, 7) is 0.181. The Morgan fingerprint density at radius 1 is 1.43 bits per heavy atom. The fraction of sp³-hybridized carbons (Fsp3) is 0.400. The lowest BCUT2D eigenvalue weighted by Gasteiger charge is -2.11. The number of likely N-dealkylation sites (N-methyl/N-ethyl adjacent to an activating group) is 1. The quantitative estimate of drug-likeness (QED) is 0.808. The minimum atomic E-state index is 0.170. The van der Waals surface area contributed by atoms with Crippen LogP contribution in [-0.2, 0) is 0 Å². The van der Waals surface area contributed by atoms with Crippen molar-refractivity contribution in [2.24, 2.45) is 0 Å². The second-order valence-corrected chi connectivity index (χ2v) is 4.94. The highest BCUT2D eigenvalue weighted by atomic mass is 79.9. The summed E-state index contributed by atoms with van der Waals surface area (Å²) in [6.07, 6.45) is 0. The molecule has 1 atom stereocenters. The van der Waals surface area contributed by atoms with E-state index >= 15 is 0 Å². The number of rotatable bonds is 5. The van der Waals surface area contributed by atoms with Crippen LogP contribution in [0.3, 0.4) is 0 Å². The topological polar surface area (TPSA) is 32.3 Å². The van der Waals surface area contributed by atoms with Gasteiger partial charge in [-0.25, -0.2) is 0 Å². The summed E-state index contributed by atoms with van der Waals surface area (Å²) >= 11 is 5.13. The summed E-state index contributed by atoms with van der Waals surface area (Å²) in [6, 6.07) is 8.35. The SMILES string of the molecule is CNC(CO)CSc1ccc(Br)cc1. The molecule has 1 unspecified atom stereocenters. The summed E-state index contributed by atoms with van der Waals surface area (Å²) < 4.78 is 1.09. The first-order chi connectivity index (χ1) is 6.76. The highest BCUT2D eigenvalue weighted by Gasteiger charge is 2.04. The van der Waals surface area contributed by atoms with Crippen LogP contribution in [0, 0.1) is 0 Å². The van der Waals surface area contributed by atoms with E-state index in [2.05, 4.69) is 33.4 Å². The number of aliphatic hydroxyl groups excluding tert-OH is 1. The number of hydrogen-bond acceptors (Lipinski definition) is 3. The van der Waals surface area contributed by atoms with Crippen LogP contribution in [0.4, 0.5) is 0 Å². The maximum Gasteiger partial charge on any atom is 0.0592 e. The fourth-order valence-electron chi connectivity index (χ4n) is 0.955. The van der Waals surface area contributed by atoms with Crippen LogP contribution in [0.25, 0.3) is 0 Å². The molecule has 4 heteroatoms. The molecule has 14 heavy (non-hydrogen) atoms. The lowest BCUT2D eigenvalue weighted by Crippen LogP contribution is -2.31. The van der Waals surface area contributed by atoms with Crippen LogP contribution in [-0.4, -0.2) is 30.6 Å². The minimum absolute atomic E-state index is 0.170. The molecule has 0 saturated heterocycles. The van der Waals surface area contributed by atoms with Crippen molar-refractivity contribution in [3.63, 3.8) is 0 Å². The van der Waals surface area contributed by atoms with Gasteiger partial charge in [-0.3, -0.25) is 0 Å². The zero-order valence-electron chi connectivity index (χ0n) is 8.03. The molecule has 0 aliphatic heterocycles. The number of benzene rings is 1. The van der Waals surface area contributed by atoms with Crippen molar-refractivity contribution in [2.45, 2.75) is 10.9 Å². The molecule has 2 N–H and O–H groups in total. The molecule has 0 spiro atoms. The van der Waals surface area contributed by atoms with Crippen LogP contribution < -0.4 is 5.32 Å². The van der Waals surface area contributed by atoms with E-state index in [1.165, 1.54) is 4.90 Å². The van der Waals surface area contributed by atoms with Gasteiger partial charge in [-0.1, -0.05) is 15.9 Å². The number of halogens is 1. The van der Waals surface area contributed by atoms with E-state index in [-0.39, 0.29) is 12.6 Å². The van der Waals surface area contributed by atoms with Gasteiger partial charge in [-0.15, -0.1) is 11.8 Å². The van der Waals surface area contributed by atoms with Gasteiger partial charge >= 0.3 is 0 Å². The van der Waals surface area contributed by atoms with Gasteiger partial charge in [0, 0.05) is 21.2 Å². The molecular weight excluding hydrogens is 262 g/mol. The van der Waals surface area contributed by atoms with Crippen molar-refractivity contribution in [3.05, 3.63) is 28.7 Å². The van der Waals surface area contributed by atoms with Gasteiger partial charge in [0.25, 0.3) is 0 Å². The molecule has 1 aromatic carbocycles. The molecular formula is C10H14BrNOS. The standard InChI is InChI=1S/C10H14BrNOS/c1-12-9(6-13)7-14-10-4-2-8(11)3-5-10/h2-5,9,12-13H,6-7H2,1H3. The molecule has 0 heterocycles. The first kappa shape index (κ1) is 12.0. The summed E-state index contributed by atoms with van der Waals surface area (Å²) in [5.74, 6) is 0.884. The Labute approximate surface area is 97.2 Å². The van der Waals surface area contributed by atoms with Crippen LogP contribution in [0.5, 0.6) is 0 Å². The van der Waals surface area contributed by atoms with Gasteiger partial charge in [0.05, 0.1) is 6.61 Å². The smallest absolute Gasteiger partial charge is 0.0592 e. The van der Waals surface area contributed by atoms with Crippen LogP contribution in [0.1, 0.15) is 0 Å². The number of nitrogens with one attached hydrogen (secondary N) is 1. The average molecular weight is 276 g/mol. The zero-order chi connectivity index (χ0) is 10.4. The summed E-state index contributed by atoms with van der Waals surface area (Å²) in [5.41, 5.74) is 0. The molecule has 0 amide bonds. The Kier molecular flexibility index (Phi) is 5.55. The molecule has 0 radical (unpaired) electrons. The van der Waals surface area contributed by atoms with Gasteiger partial charge < -0.3 is 10.4 Å². The van der Waals surface area contributed by atoms with Crippen molar-refractivity contribution < 1.29 is 5.11 Å². The second-order valence-electron chi connectivity index (χ2n) is 2.93. The molecule has 0 saturated carbocycles. The zero-order valence-corrected chi connectivity index (χ0v) is 10.4. The van der Waals surface area contributed by atoms with Crippen molar-refractivity contribution in [1.82, 2.24) is 5.32 Å². The van der Waals surface area contributed by atoms with Gasteiger partial charge in [-0.05, 0) is 31.3 Å². The van der Waals surface area contributed by atoms with Gasteiger partial charge in [0.2, 0.25) is 0 Å². The monoisotopic (exact) mass is 275 g/mol. The third kappa shape index (κ3) is 4.00. The highest BCUT2D eigenvalue weighted by Crippen LogP contribution is 2.20. The number of aliphatic hydroxyl groups is 1. The lowest BCUT2D eigenvalue weighted by molar-refractivity contribution is 0.260. The van der Waals surface area contributed by atoms with Crippen molar-refractivity contribution in [1.29, 1.82) is 0 Å². The fourth-order valence-corrected chi connectivity index (χ4v) is 2.21. The third-order valence-corrected chi connectivity index (χ3v) is 3.60. The highest BCUT2D eigenvalue weighted by molar-refractivity contribution is 9.10. The predicted octanol–water partition coefficient (Wildman–Crippen LogP) is 2.12. The van der Waals surface area contributed by atoms with E-state index in [1.54, 1.807) is 11.8 Å². The van der Waals surface area contributed by atoms with Crippen LogP contribution in [0.15, 0.2) is 33.6 Å². The maximum atomic E-state index is 8.96. The molecule has 0 bridgehead atoms. The summed E-state index contributed by atoms with van der Waals surface area (Å²) in [4.78, 5) is 1.22.